The van der Waals surface area contributed by atoms with Crippen molar-refractivity contribution in [1.82, 2.24) is 15.0 Å². The van der Waals surface area contributed by atoms with Crippen molar-refractivity contribution in [3.63, 3.8) is 0 Å². The molecule has 2 aromatic rings. The predicted octanol–water partition coefficient (Wildman–Crippen LogP) is 2.79. The van der Waals surface area contributed by atoms with Crippen molar-refractivity contribution in [3.05, 3.63) is 40.7 Å². The molecule has 0 saturated heterocycles. The topological polar surface area (TPSA) is 30.7 Å². The Balaban J connectivity index is 2.52. The van der Waals surface area contributed by atoms with Crippen LogP contribution in [0.25, 0.3) is 5.69 Å². The van der Waals surface area contributed by atoms with Crippen LogP contribution in [-0.2, 0) is 6.42 Å². The number of hydrogen-bond donors (Lipinski definition) is 0. The van der Waals surface area contributed by atoms with Crippen LogP contribution in [0.5, 0.6) is 0 Å². The molecule has 1 aromatic carbocycles. The molecule has 0 fully saturated rings. The van der Waals surface area contributed by atoms with Gasteiger partial charge in [0.15, 0.2) is 0 Å². The van der Waals surface area contributed by atoms with Gasteiger partial charge in [0.05, 0.1) is 17.6 Å². The maximum atomic E-state index is 5.94. The van der Waals surface area contributed by atoms with Gasteiger partial charge in [-0.3, -0.25) is 0 Å². The van der Waals surface area contributed by atoms with Crippen molar-refractivity contribution >= 4 is 11.6 Å². The number of aryl methyl sites for hydroxylation is 2. The molecule has 0 N–H and O–H groups in total. The van der Waals surface area contributed by atoms with Gasteiger partial charge in [-0.25, -0.2) is 4.68 Å². The van der Waals surface area contributed by atoms with Gasteiger partial charge in [0.25, 0.3) is 0 Å². The summed E-state index contributed by atoms with van der Waals surface area (Å²) in [5, 5.41) is 8.78. The lowest BCUT2D eigenvalue weighted by Gasteiger charge is -2.06. The van der Waals surface area contributed by atoms with Crippen LogP contribution in [-0.4, -0.2) is 15.0 Å². The first-order valence-corrected chi connectivity index (χ1v) is 5.26. The summed E-state index contributed by atoms with van der Waals surface area (Å²) in [5.41, 5.74) is 3.13. The van der Waals surface area contributed by atoms with E-state index in [9.17, 15) is 0 Å². The summed E-state index contributed by atoms with van der Waals surface area (Å²) < 4.78 is 1.78. The third-order valence-electron chi connectivity index (χ3n) is 2.28. The van der Waals surface area contributed by atoms with Gasteiger partial charge in [0.1, 0.15) is 0 Å². The van der Waals surface area contributed by atoms with Crippen LogP contribution in [0.4, 0.5) is 0 Å². The van der Waals surface area contributed by atoms with Crippen molar-refractivity contribution in [1.29, 1.82) is 0 Å². The Labute approximate surface area is 93.7 Å². The minimum absolute atomic E-state index is 0.757. The quantitative estimate of drug-likeness (QED) is 0.781. The highest BCUT2D eigenvalue weighted by Crippen LogP contribution is 2.19. The van der Waals surface area contributed by atoms with Gasteiger partial charge in [-0.2, -0.15) is 0 Å². The molecule has 2 rings (SSSR count). The summed E-state index contributed by atoms with van der Waals surface area (Å²) in [6, 6.07) is 5.80. The van der Waals surface area contributed by atoms with Gasteiger partial charge in [0, 0.05) is 5.02 Å². The maximum Gasteiger partial charge on any atom is 0.0800 e. The van der Waals surface area contributed by atoms with Gasteiger partial charge < -0.3 is 0 Å². The van der Waals surface area contributed by atoms with Gasteiger partial charge in [-0.15, -0.1) is 5.10 Å². The summed E-state index contributed by atoms with van der Waals surface area (Å²) in [7, 11) is 0. The Kier molecular flexibility index (Phi) is 2.73. The van der Waals surface area contributed by atoms with Crippen LogP contribution in [0.1, 0.15) is 18.2 Å². The number of nitrogens with zero attached hydrogens (tertiary/aromatic N) is 3. The molecule has 0 unspecified atom stereocenters. The van der Waals surface area contributed by atoms with E-state index in [1.807, 2.05) is 31.3 Å². The van der Waals surface area contributed by atoms with Gasteiger partial charge >= 0.3 is 0 Å². The second kappa shape index (κ2) is 4.03. The Morgan fingerprint density at radius 1 is 1.40 bits per heavy atom. The van der Waals surface area contributed by atoms with Crippen LogP contribution in [0.15, 0.2) is 24.4 Å². The molecule has 1 heterocycles. The van der Waals surface area contributed by atoms with E-state index in [2.05, 4.69) is 17.2 Å². The zero-order valence-electron chi connectivity index (χ0n) is 8.74. The average molecular weight is 222 g/mol. The van der Waals surface area contributed by atoms with Gasteiger partial charge in [-0.1, -0.05) is 23.7 Å². The monoisotopic (exact) mass is 221 g/mol. The molecule has 0 saturated carbocycles. The smallest absolute Gasteiger partial charge is 0.0800 e. The zero-order chi connectivity index (χ0) is 10.8. The molecule has 0 atom stereocenters. The lowest BCUT2D eigenvalue weighted by atomic mass is 10.1. The second-order valence-corrected chi connectivity index (χ2v) is 3.87. The number of rotatable bonds is 2. The van der Waals surface area contributed by atoms with Crippen LogP contribution < -0.4 is 0 Å². The second-order valence-electron chi connectivity index (χ2n) is 3.43. The van der Waals surface area contributed by atoms with E-state index in [1.54, 1.807) is 4.68 Å². The first-order chi connectivity index (χ1) is 7.20. The SMILES string of the molecule is CCc1cc(Cl)ccc1-n1cc(C)nn1. The number of hydrogen-bond acceptors (Lipinski definition) is 2. The molecule has 3 nitrogen and oxygen atoms in total. The minimum Gasteiger partial charge on any atom is -0.220 e. The van der Waals surface area contributed by atoms with E-state index in [1.165, 1.54) is 5.56 Å². The van der Waals surface area contributed by atoms with Crippen LogP contribution >= 0.6 is 11.6 Å². The molecule has 1 aromatic heterocycles. The predicted molar refractivity (Wildman–Crippen MR) is 60.5 cm³/mol. The fourth-order valence-electron chi connectivity index (χ4n) is 1.53. The summed E-state index contributed by atoms with van der Waals surface area (Å²) in [4.78, 5) is 0. The fraction of sp³-hybridized carbons (Fsp3) is 0.273. The fourth-order valence-corrected chi connectivity index (χ4v) is 1.72. The van der Waals surface area contributed by atoms with Crippen molar-refractivity contribution < 1.29 is 0 Å². The third-order valence-corrected chi connectivity index (χ3v) is 2.51. The molecule has 0 aliphatic carbocycles. The lowest BCUT2D eigenvalue weighted by molar-refractivity contribution is 0.791. The van der Waals surface area contributed by atoms with Gasteiger partial charge in [0.2, 0.25) is 0 Å². The highest BCUT2D eigenvalue weighted by molar-refractivity contribution is 6.30. The van der Waals surface area contributed by atoms with Crippen molar-refractivity contribution in [2.24, 2.45) is 0 Å². The number of aromatic nitrogens is 3. The first kappa shape index (κ1) is 10.2. The summed E-state index contributed by atoms with van der Waals surface area (Å²) >= 11 is 5.94. The van der Waals surface area contributed by atoms with Crippen molar-refractivity contribution in [2.45, 2.75) is 20.3 Å². The van der Waals surface area contributed by atoms with Crippen LogP contribution in [0.2, 0.25) is 5.02 Å². The molecular weight excluding hydrogens is 210 g/mol. The van der Waals surface area contributed by atoms with E-state index in [4.69, 9.17) is 11.6 Å². The highest BCUT2D eigenvalue weighted by Gasteiger charge is 2.05. The van der Waals surface area contributed by atoms with Crippen LogP contribution in [0.3, 0.4) is 0 Å². The van der Waals surface area contributed by atoms with E-state index >= 15 is 0 Å². The normalized spacial score (nSPS) is 10.6. The van der Waals surface area contributed by atoms with E-state index in [0.29, 0.717) is 0 Å². The van der Waals surface area contributed by atoms with E-state index < -0.39 is 0 Å². The van der Waals surface area contributed by atoms with Crippen molar-refractivity contribution in [3.8, 4) is 5.69 Å². The molecule has 0 aliphatic heterocycles. The number of benzene rings is 1. The van der Waals surface area contributed by atoms with E-state index in [-0.39, 0.29) is 0 Å². The highest BCUT2D eigenvalue weighted by atomic mass is 35.5. The maximum absolute atomic E-state index is 5.94. The van der Waals surface area contributed by atoms with Crippen molar-refractivity contribution in [2.75, 3.05) is 0 Å². The molecule has 0 bridgehead atoms. The molecule has 0 radical (unpaired) electrons. The Morgan fingerprint density at radius 3 is 2.80 bits per heavy atom. The molecule has 4 heteroatoms. The van der Waals surface area contributed by atoms with Crippen LogP contribution in [0, 0.1) is 6.92 Å². The lowest BCUT2D eigenvalue weighted by Crippen LogP contribution is -1.99. The van der Waals surface area contributed by atoms with Gasteiger partial charge in [-0.05, 0) is 37.1 Å². The standard InChI is InChI=1S/C11H12ClN3/c1-3-9-6-10(12)4-5-11(9)15-7-8(2)13-14-15/h4-7H,3H2,1-2H3. The summed E-state index contributed by atoms with van der Waals surface area (Å²) in [6.07, 6.45) is 2.83. The largest absolute Gasteiger partial charge is 0.220 e. The zero-order valence-corrected chi connectivity index (χ0v) is 9.49. The van der Waals surface area contributed by atoms with E-state index in [0.717, 1.165) is 22.8 Å². The Bertz CT molecular complexity index is 476. The third kappa shape index (κ3) is 2.02. The molecular formula is C11H12ClN3. The summed E-state index contributed by atoms with van der Waals surface area (Å²) in [5.74, 6) is 0. The summed E-state index contributed by atoms with van der Waals surface area (Å²) in [6.45, 7) is 4.02. The Hall–Kier alpha value is -1.35. The number of halogens is 1. The molecule has 15 heavy (non-hydrogen) atoms. The first-order valence-electron chi connectivity index (χ1n) is 4.88. The molecule has 0 aliphatic rings. The molecule has 0 amide bonds. The molecule has 0 spiro atoms. The minimum atomic E-state index is 0.757. The molecule has 78 valence electrons. The average Bonchev–Trinajstić information content (AvgIpc) is 2.64. The Morgan fingerprint density at radius 2 is 2.20 bits per heavy atom.